The maximum atomic E-state index is 12.8. The Morgan fingerprint density at radius 2 is 1.53 bits per heavy atom. The van der Waals surface area contributed by atoms with Crippen molar-refractivity contribution in [1.82, 2.24) is 34.1 Å². The summed E-state index contributed by atoms with van der Waals surface area (Å²) in [4.78, 5) is 44.2. The second-order valence-electron chi connectivity index (χ2n) is 16.8. The van der Waals surface area contributed by atoms with Crippen molar-refractivity contribution in [2.75, 3.05) is 31.3 Å². The second-order valence-corrected chi connectivity index (χ2v) is 27.5. The number of aromatic nitrogens is 7. The molecular formula is C33H55N10O9PSi2. The minimum atomic E-state index is -2.32. The van der Waals surface area contributed by atoms with Crippen LogP contribution in [-0.4, -0.2) is 94.9 Å². The smallest absolute Gasteiger partial charge is 0.354 e. The third-order valence-corrected chi connectivity index (χ3v) is 21.0. The summed E-state index contributed by atoms with van der Waals surface area (Å²) in [5.74, 6) is -0.182. The lowest BCUT2D eigenvalue weighted by atomic mass is 10.2. The minimum absolute atomic E-state index is 0.00420. The summed E-state index contributed by atoms with van der Waals surface area (Å²) in [7, 11) is -6.63. The van der Waals surface area contributed by atoms with Crippen molar-refractivity contribution in [2.24, 2.45) is 0 Å². The van der Waals surface area contributed by atoms with Gasteiger partial charge in [0.25, 0.3) is 5.56 Å². The molecule has 2 fully saturated rings. The highest BCUT2D eigenvalue weighted by Crippen LogP contribution is 2.48. The van der Waals surface area contributed by atoms with Gasteiger partial charge in [-0.25, -0.2) is 14.8 Å². The van der Waals surface area contributed by atoms with Gasteiger partial charge >= 0.3 is 14.3 Å². The van der Waals surface area contributed by atoms with Crippen molar-refractivity contribution in [3.8, 4) is 6.07 Å². The quantitative estimate of drug-likeness (QED) is 0.109. The average Bonchev–Trinajstić information content (AvgIpc) is 3.78. The molecule has 22 heteroatoms. The van der Waals surface area contributed by atoms with Crippen molar-refractivity contribution in [1.29, 1.82) is 5.26 Å². The minimum Gasteiger partial charge on any atom is -0.414 e. The molecule has 5 N–H and O–H groups in total. The van der Waals surface area contributed by atoms with Gasteiger partial charge in [-0.05, 0) is 36.3 Å². The predicted octanol–water partition coefficient (Wildman–Crippen LogP) is 4.48. The molecule has 55 heavy (non-hydrogen) atoms. The lowest BCUT2D eigenvalue weighted by Gasteiger charge is -2.39. The molecule has 2 saturated heterocycles. The first kappa shape index (κ1) is 43.0. The van der Waals surface area contributed by atoms with E-state index in [0.29, 0.717) is 6.42 Å². The molecule has 5 heterocycles. The number of hydrogen-bond donors (Lipinski definition) is 3. The molecule has 3 aromatic rings. The van der Waals surface area contributed by atoms with E-state index in [9.17, 15) is 14.9 Å². The Hall–Kier alpha value is -3.17. The number of nitrogens with two attached hydrogens (primary N) is 2. The van der Waals surface area contributed by atoms with Crippen molar-refractivity contribution < 1.29 is 31.9 Å². The van der Waals surface area contributed by atoms with E-state index in [2.05, 4.69) is 98.7 Å². The Morgan fingerprint density at radius 1 is 0.909 bits per heavy atom. The summed E-state index contributed by atoms with van der Waals surface area (Å²) in [6.07, 6.45) is -0.0989. The summed E-state index contributed by atoms with van der Waals surface area (Å²) in [6, 6.07) is 2.09. The van der Waals surface area contributed by atoms with E-state index in [1.165, 1.54) is 17.2 Å². The second kappa shape index (κ2) is 16.7. The lowest BCUT2D eigenvalue weighted by molar-refractivity contribution is -0.0509. The van der Waals surface area contributed by atoms with Gasteiger partial charge in [0.1, 0.15) is 31.0 Å². The molecule has 0 bridgehead atoms. The number of H-pyrrole nitrogens is 1. The molecule has 0 radical (unpaired) electrons. The molecule has 2 aliphatic rings. The summed E-state index contributed by atoms with van der Waals surface area (Å²) in [6.45, 7) is 21.8. The zero-order valence-corrected chi connectivity index (χ0v) is 36.2. The van der Waals surface area contributed by atoms with Gasteiger partial charge in [-0.3, -0.25) is 18.9 Å². The SMILES string of the molecule is CC(C)(C)[Si](C)(C)OC[C@H]1O[C@@H](n2cnc(N)nc2=O)CC1OP(OCCC#N)OC[C@H]1O[C@@H](n2cnc3c(=O)[nH]c(N)nc32)CC1O[Si](C)(C)C(C)(C)C. The molecule has 7 atom stereocenters. The van der Waals surface area contributed by atoms with Crippen molar-refractivity contribution in [2.45, 2.75) is 134 Å². The Labute approximate surface area is 323 Å². The van der Waals surface area contributed by atoms with Crippen LogP contribution < -0.4 is 22.7 Å². The highest BCUT2D eigenvalue weighted by molar-refractivity contribution is 7.41. The molecule has 19 nitrogen and oxygen atoms in total. The summed E-state index contributed by atoms with van der Waals surface area (Å²) in [5, 5.41) is 9.13. The summed E-state index contributed by atoms with van der Waals surface area (Å²) >= 11 is 0. The molecular weight excluding hydrogens is 768 g/mol. The van der Waals surface area contributed by atoms with Gasteiger partial charge < -0.3 is 43.4 Å². The van der Waals surface area contributed by atoms with E-state index in [1.807, 2.05) is 0 Å². The van der Waals surface area contributed by atoms with E-state index in [-0.39, 0.29) is 65.8 Å². The van der Waals surface area contributed by atoms with Gasteiger partial charge in [-0.2, -0.15) is 15.2 Å². The number of anilines is 2. The molecule has 0 spiro atoms. The third kappa shape index (κ3) is 10.0. The summed E-state index contributed by atoms with van der Waals surface area (Å²) < 4.78 is 48.3. The van der Waals surface area contributed by atoms with Gasteiger partial charge in [0.05, 0.1) is 50.8 Å². The highest BCUT2D eigenvalue weighted by Gasteiger charge is 2.47. The number of fused-ring (bicyclic) bond motifs is 1. The van der Waals surface area contributed by atoms with Crippen LogP contribution in [0.15, 0.2) is 22.2 Å². The Bertz CT molecular complexity index is 1960. The number of ether oxygens (including phenoxy) is 2. The van der Waals surface area contributed by atoms with Crippen LogP contribution in [0.5, 0.6) is 0 Å². The first-order chi connectivity index (χ1) is 25.6. The van der Waals surface area contributed by atoms with Crippen LogP contribution in [0.3, 0.4) is 0 Å². The van der Waals surface area contributed by atoms with Crippen LogP contribution in [0.4, 0.5) is 11.9 Å². The van der Waals surface area contributed by atoms with Crippen LogP contribution in [0.1, 0.15) is 73.3 Å². The molecule has 304 valence electrons. The summed E-state index contributed by atoms with van der Waals surface area (Å²) in [5.41, 5.74) is 10.9. The molecule has 0 saturated carbocycles. The molecule has 0 aliphatic carbocycles. The van der Waals surface area contributed by atoms with Crippen LogP contribution in [0, 0.1) is 11.3 Å². The first-order valence-electron chi connectivity index (χ1n) is 18.3. The van der Waals surface area contributed by atoms with Gasteiger partial charge in [0.15, 0.2) is 27.8 Å². The molecule has 3 aromatic heterocycles. The van der Waals surface area contributed by atoms with Crippen molar-refractivity contribution >= 4 is 48.3 Å². The van der Waals surface area contributed by atoms with Gasteiger partial charge in [-0.15, -0.1) is 0 Å². The number of nitrogens with one attached hydrogen (secondary N) is 1. The van der Waals surface area contributed by atoms with E-state index in [1.54, 1.807) is 4.57 Å². The van der Waals surface area contributed by atoms with Crippen LogP contribution in [0.25, 0.3) is 11.2 Å². The number of aromatic amines is 1. The number of nitrogen functional groups attached to an aromatic ring is 2. The van der Waals surface area contributed by atoms with Gasteiger partial charge in [-0.1, -0.05) is 41.5 Å². The highest BCUT2D eigenvalue weighted by atomic mass is 31.2. The molecule has 0 amide bonds. The normalized spacial score (nSPS) is 24.4. The van der Waals surface area contributed by atoms with E-state index >= 15 is 0 Å². The molecule has 2 aliphatic heterocycles. The largest absolute Gasteiger partial charge is 0.414 e. The van der Waals surface area contributed by atoms with E-state index in [0.717, 1.165) is 0 Å². The monoisotopic (exact) mass is 822 g/mol. The fourth-order valence-corrected chi connectivity index (χ4v) is 9.08. The van der Waals surface area contributed by atoms with Gasteiger partial charge in [0, 0.05) is 12.8 Å². The van der Waals surface area contributed by atoms with Gasteiger partial charge in [0.2, 0.25) is 11.9 Å². The zero-order chi connectivity index (χ0) is 40.5. The topological polar surface area (TPSA) is 252 Å². The number of nitriles is 1. The van der Waals surface area contributed by atoms with E-state index < -0.39 is 73.4 Å². The molecule has 3 unspecified atom stereocenters. The molecule has 0 aromatic carbocycles. The Kier molecular flexibility index (Phi) is 13.1. The number of nitrogens with zero attached hydrogens (tertiary/aromatic N) is 7. The fraction of sp³-hybridized carbons (Fsp3) is 0.727. The van der Waals surface area contributed by atoms with Crippen molar-refractivity contribution in [3.63, 3.8) is 0 Å². The number of rotatable bonds is 15. The van der Waals surface area contributed by atoms with Crippen LogP contribution in [0.2, 0.25) is 36.3 Å². The maximum absolute atomic E-state index is 12.8. The predicted molar refractivity (Wildman–Crippen MR) is 209 cm³/mol. The molecule has 5 rings (SSSR count). The van der Waals surface area contributed by atoms with E-state index in [4.69, 9.17) is 43.4 Å². The number of hydrogen-bond acceptors (Lipinski definition) is 16. The standard InChI is InChI=1S/C33H55N10O9PSi2/c1-32(2,3)54(7,8)48-17-23-20(14-25(50-23)43-19-38-29(35)41-31(43)45)51-53(46-13-11-12-34)47-16-22-21(52-55(9,10)33(4,5)6)15-24(49-22)42-18-37-26-27(42)39-30(36)40-28(26)44/h18-25H,11,13-17H2,1-10H3,(H2,35,41,45)(H3,36,39,40,44)/t20?,21?,22-,23-,24-,25-,53?/m1/s1. The maximum Gasteiger partial charge on any atom is 0.354 e. The number of imidazole rings is 1. The van der Waals surface area contributed by atoms with Crippen molar-refractivity contribution in [3.05, 3.63) is 33.5 Å². The lowest BCUT2D eigenvalue weighted by Crippen LogP contribution is -2.46. The fourth-order valence-electron chi connectivity index (χ4n) is 5.56. The Balaban J connectivity index is 1.39. The zero-order valence-electron chi connectivity index (χ0n) is 33.3. The van der Waals surface area contributed by atoms with Crippen LogP contribution in [-0.2, 0) is 31.9 Å². The third-order valence-electron chi connectivity index (χ3n) is 10.8. The Morgan fingerprint density at radius 3 is 2.16 bits per heavy atom. The first-order valence-corrected chi connectivity index (χ1v) is 25.2. The van der Waals surface area contributed by atoms with Crippen LogP contribution >= 0.6 is 8.60 Å². The average molecular weight is 823 g/mol.